The Morgan fingerprint density at radius 1 is 1.30 bits per heavy atom. The Labute approximate surface area is 117 Å². The molecule has 0 radical (unpaired) electrons. The molecule has 6 heteroatoms. The van der Waals surface area contributed by atoms with Gasteiger partial charge < -0.3 is 9.67 Å². The van der Waals surface area contributed by atoms with Gasteiger partial charge in [-0.15, -0.1) is 0 Å². The molecule has 0 amide bonds. The van der Waals surface area contributed by atoms with Gasteiger partial charge in [0.15, 0.2) is 9.84 Å². The molecule has 1 heterocycles. The number of rotatable bonds is 6. The molecule has 2 rings (SSSR count). The van der Waals surface area contributed by atoms with Crippen LogP contribution in [0.1, 0.15) is 12.5 Å². The maximum Gasteiger partial charge on any atom is 0.307 e. The van der Waals surface area contributed by atoms with Crippen molar-refractivity contribution >= 4 is 26.7 Å². The van der Waals surface area contributed by atoms with Crippen LogP contribution in [0.15, 0.2) is 30.5 Å². The second-order valence-electron chi connectivity index (χ2n) is 4.67. The molecular weight excluding hydrogens is 278 g/mol. The molecule has 0 unspecified atom stereocenters. The van der Waals surface area contributed by atoms with E-state index in [1.165, 1.54) is 0 Å². The summed E-state index contributed by atoms with van der Waals surface area (Å²) in [5.74, 6) is -0.711. The van der Waals surface area contributed by atoms with Crippen LogP contribution in [0, 0.1) is 0 Å². The summed E-state index contributed by atoms with van der Waals surface area (Å²) in [4.78, 5) is 10.9. The first-order valence-corrected chi connectivity index (χ1v) is 8.24. The highest BCUT2D eigenvalue weighted by molar-refractivity contribution is 7.91. The summed E-state index contributed by atoms with van der Waals surface area (Å²) in [6.07, 6.45) is 1.68. The van der Waals surface area contributed by atoms with Crippen LogP contribution in [0.5, 0.6) is 0 Å². The predicted octanol–water partition coefficient (Wildman–Crippen LogP) is 1.70. The van der Waals surface area contributed by atoms with Gasteiger partial charge in [-0.2, -0.15) is 0 Å². The molecule has 108 valence electrons. The fourth-order valence-electron chi connectivity index (χ4n) is 2.19. The Kier molecular flexibility index (Phi) is 4.13. The van der Waals surface area contributed by atoms with Gasteiger partial charge in [0.25, 0.3) is 0 Å². The van der Waals surface area contributed by atoms with E-state index in [0.717, 1.165) is 10.9 Å². The number of sulfone groups is 1. The van der Waals surface area contributed by atoms with Crippen LogP contribution in [0.2, 0.25) is 0 Å². The van der Waals surface area contributed by atoms with Crippen molar-refractivity contribution in [3.8, 4) is 0 Å². The zero-order chi connectivity index (χ0) is 14.8. The van der Waals surface area contributed by atoms with Gasteiger partial charge in [-0.25, -0.2) is 8.42 Å². The number of aryl methyl sites for hydroxylation is 1. The van der Waals surface area contributed by atoms with Crippen molar-refractivity contribution in [2.24, 2.45) is 0 Å². The molecule has 1 aromatic carbocycles. The molecule has 0 saturated heterocycles. The van der Waals surface area contributed by atoms with Crippen LogP contribution in [0.3, 0.4) is 0 Å². The van der Waals surface area contributed by atoms with Crippen LogP contribution in [-0.2, 0) is 27.6 Å². The summed E-state index contributed by atoms with van der Waals surface area (Å²) in [5.41, 5.74) is 1.58. The topological polar surface area (TPSA) is 76.4 Å². The van der Waals surface area contributed by atoms with Crippen molar-refractivity contribution in [1.82, 2.24) is 4.57 Å². The Morgan fingerprint density at radius 3 is 2.65 bits per heavy atom. The maximum absolute atomic E-state index is 11.6. The first-order chi connectivity index (χ1) is 9.43. The van der Waals surface area contributed by atoms with Crippen LogP contribution in [0.25, 0.3) is 10.9 Å². The third-order valence-electron chi connectivity index (χ3n) is 3.30. The number of carboxylic acids is 1. The van der Waals surface area contributed by atoms with Crippen LogP contribution in [0.4, 0.5) is 0 Å². The average molecular weight is 295 g/mol. The SMILES string of the molecule is CCS(=O)(=O)CCn1cc(CC(=O)O)c2ccccc21. The van der Waals surface area contributed by atoms with Gasteiger partial charge in [0.2, 0.25) is 0 Å². The van der Waals surface area contributed by atoms with E-state index in [2.05, 4.69) is 0 Å². The molecule has 1 N–H and O–H groups in total. The minimum atomic E-state index is -3.04. The Bertz CT molecular complexity index is 731. The molecule has 0 saturated carbocycles. The number of aromatic nitrogens is 1. The number of carbonyl (C=O) groups is 1. The summed E-state index contributed by atoms with van der Waals surface area (Å²) in [7, 11) is -3.04. The fraction of sp³-hybridized carbons (Fsp3) is 0.357. The maximum atomic E-state index is 11.6. The minimum absolute atomic E-state index is 0.0615. The molecule has 5 nitrogen and oxygen atoms in total. The highest BCUT2D eigenvalue weighted by Gasteiger charge is 2.13. The largest absolute Gasteiger partial charge is 0.481 e. The molecule has 0 aliphatic heterocycles. The van der Waals surface area contributed by atoms with Crippen LogP contribution < -0.4 is 0 Å². The lowest BCUT2D eigenvalue weighted by Gasteiger charge is -2.05. The van der Waals surface area contributed by atoms with Crippen molar-refractivity contribution in [3.05, 3.63) is 36.0 Å². The highest BCUT2D eigenvalue weighted by atomic mass is 32.2. The zero-order valence-electron chi connectivity index (χ0n) is 11.2. The second-order valence-corrected chi connectivity index (χ2v) is 7.14. The standard InChI is InChI=1S/C14H17NO4S/c1-2-20(18,19)8-7-15-10-11(9-14(16)17)12-5-3-4-6-13(12)15/h3-6,10H,2,7-9H2,1H3,(H,16,17). The van der Waals surface area contributed by atoms with Gasteiger partial charge in [0.1, 0.15) is 0 Å². The van der Waals surface area contributed by atoms with Crippen molar-refractivity contribution in [2.45, 2.75) is 19.9 Å². The number of benzene rings is 1. The van der Waals surface area contributed by atoms with E-state index in [1.54, 1.807) is 13.1 Å². The lowest BCUT2D eigenvalue weighted by molar-refractivity contribution is -0.136. The van der Waals surface area contributed by atoms with E-state index < -0.39 is 15.8 Å². The molecular formula is C14H17NO4S. The summed E-state index contributed by atoms with van der Waals surface area (Å²) in [5, 5.41) is 9.79. The smallest absolute Gasteiger partial charge is 0.307 e. The molecule has 1 aromatic heterocycles. The Hall–Kier alpha value is -1.82. The van der Waals surface area contributed by atoms with Crippen molar-refractivity contribution < 1.29 is 18.3 Å². The van der Waals surface area contributed by atoms with Crippen LogP contribution in [-0.4, -0.2) is 35.6 Å². The number of hydrogen-bond acceptors (Lipinski definition) is 3. The number of hydrogen-bond donors (Lipinski definition) is 1. The summed E-state index contributed by atoms with van der Waals surface area (Å²) in [6, 6.07) is 7.44. The number of fused-ring (bicyclic) bond motifs is 1. The monoisotopic (exact) mass is 295 g/mol. The lowest BCUT2D eigenvalue weighted by Crippen LogP contribution is -2.14. The van der Waals surface area contributed by atoms with E-state index in [1.807, 2.05) is 28.8 Å². The number of nitrogens with zero attached hydrogens (tertiary/aromatic N) is 1. The van der Waals surface area contributed by atoms with Gasteiger partial charge >= 0.3 is 5.97 Å². The molecule has 0 aliphatic rings. The second kappa shape index (κ2) is 5.66. The van der Waals surface area contributed by atoms with Gasteiger partial charge in [-0.3, -0.25) is 4.79 Å². The summed E-state index contributed by atoms with van der Waals surface area (Å²) < 4.78 is 25.0. The van der Waals surface area contributed by atoms with Gasteiger partial charge in [0, 0.05) is 29.4 Å². The number of carboxylic acid groups (broad SMARTS) is 1. The van der Waals surface area contributed by atoms with Crippen molar-refractivity contribution in [3.63, 3.8) is 0 Å². The van der Waals surface area contributed by atoms with Crippen molar-refractivity contribution in [2.75, 3.05) is 11.5 Å². The van der Waals surface area contributed by atoms with Crippen molar-refractivity contribution in [1.29, 1.82) is 0 Å². The minimum Gasteiger partial charge on any atom is -0.481 e. The van der Waals surface area contributed by atoms with E-state index in [0.29, 0.717) is 12.1 Å². The zero-order valence-corrected chi connectivity index (χ0v) is 12.1. The normalized spacial score (nSPS) is 11.8. The third kappa shape index (κ3) is 3.19. The third-order valence-corrected chi connectivity index (χ3v) is 4.98. The number of para-hydroxylation sites is 1. The van der Waals surface area contributed by atoms with E-state index in [9.17, 15) is 13.2 Å². The van der Waals surface area contributed by atoms with E-state index >= 15 is 0 Å². The highest BCUT2D eigenvalue weighted by Crippen LogP contribution is 2.22. The predicted molar refractivity (Wildman–Crippen MR) is 77.6 cm³/mol. The molecule has 0 fully saturated rings. The first-order valence-electron chi connectivity index (χ1n) is 6.42. The van der Waals surface area contributed by atoms with E-state index in [-0.39, 0.29) is 17.9 Å². The lowest BCUT2D eigenvalue weighted by atomic mass is 10.1. The molecule has 0 bridgehead atoms. The first kappa shape index (κ1) is 14.6. The molecule has 0 spiro atoms. The van der Waals surface area contributed by atoms with Gasteiger partial charge in [-0.05, 0) is 11.6 Å². The number of aliphatic carboxylic acids is 1. The summed E-state index contributed by atoms with van der Waals surface area (Å²) >= 11 is 0. The average Bonchev–Trinajstić information content (AvgIpc) is 2.75. The summed E-state index contributed by atoms with van der Waals surface area (Å²) in [6.45, 7) is 1.97. The quantitative estimate of drug-likeness (QED) is 0.880. The van der Waals surface area contributed by atoms with Crippen LogP contribution >= 0.6 is 0 Å². The Balaban J connectivity index is 2.36. The fourth-order valence-corrected chi connectivity index (χ4v) is 2.96. The van der Waals surface area contributed by atoms with Gasteiger partial charge in [0.05, 0.1) is 12.2 Å². The molecule has 20 heavy (non-hydrogen) atoms. The van der Waals surface area contributed by atoms with E-state index in [4.69, 9.17) is 5.11 Å². The van der Waals surface area contributed by atoms with Gasteiger partial charge in [-0.1, -0.05) is 25.1 Å². The molecule has 0 atom stereocenters. The Morgan fingerprint density at radius 2 is 2.00 bits per heavy atom. The molecule has 0 aliphatic carbocycles. The molecule has 2 aromatic rings.